The van der Waals surface area contributed by atoms with Crippen molar-refractivity contribution in [3.8, 4) is 0 Å². The minimum absolute atomic E-state index is 0.249. The first-order valence-electron chi connectivity index (χ1n) is 6.28. The lowest BCUT2D eigenvalue weighted by Crippen LogP contribution is -2.23. The van der Waals surface area contributed by atoms with Gasteiger partial charge in [-0.05, 0) is 58.7 Å². The molecule has 0 fully saturated rings. The van der Waals surface area contributed by atoms with E-state index >= 15 is 0 Å². The molecule has 2 aromatic rings. The highest BCUT2D eigenvalue weighted by atomic mass is 79.9. The van der Waals surface area contributed by atoms with E-state index in [2.05, 4.69) is 79.4 Å². The Labute approximate surface area is 130 Å². The summed E-state index contributed by atoms with van der Waals surface area (Å²) in [6, 6.07) is 12.8. The molecule has 1 atom stereocenters. The summed E-state index contributed by atoms with van der Waals surface area (Å²) in [5.74, 6) is 0. The van der Waals surface area contributed by atoms with Crippen LogP contribution in [0.2, 0.25) is 0 Å². The van der Waals surface area contributed by atoms with Gasteiger partial charge in [0.2, 0.25) is 0 Å². The third-order valence-electron chi connectivity index (χ3n) is 2.91. The van der Waals surface area contributed by atoms with Crippen molar-refractivity contribution in [3.05, 3.63) is 62.8 Å². The number of halogens is 2. The van der Waals surface area contributed by atoms with Gasteiger partial charge < -0.3 is 5.32 Å². The summed E-state index contributed by atoms with van der Waals surface area (Å²) in [6.45, 7) is 3.05. The van der Waals surface area contributed by atoms with Gasteiger partial charge in [-0.3, -0.25) is 4.98 Å². The zero-order chi connectivity index (χ0) is 13.7. The zero-order valence-corrected chi connectivity index (χ0v) is 13.9. The van der Waals surface area contributed by atoms with Crippen LogP contribution in [0.3, 0.4) is 0 Å². The van der Waals surface area contributed by atoms with Crippen LogP contribution in [-0.2, 0) is 6.42 Å². The first kappa shape index (κ1) is 14.7. The molecule has 1 aromatic heterocycles. The number of nitrogens with zero attached hydrogens (tertiary/aromatic N) is 1. The van der Waals surface area contributed by atoms with Crippen molar-refractivity contribution in [2.75, 3.05) is 6.54 Å². The van der Waals surface area contributed by atoms with Gasteiger partial charge in [0.1, 0.15) is 0 Å². The number of likely N-dealkylation sites (N-methyl/N-ethyl adjacent to an activating group) is 1. The minimum atomic E-state index is 0.249. The Balaban J connectivity index is 2.15. The van der Waals surface area contributed by atoms with E-state index in [9.17, 15) is 0 Å². The molecule has 1 aromatic carbocycles. The van der Waals surface area contributed by atoms with Crippen molar-refractivity contribution in [3.63, 3.8) is 0 Å². The summed E-state index contributed by atoms with van der Waals surface area (Å²) in [6.07, 6.45) is 2.79. The van der Waals surface area contributed by atoms with Crippen molar-refractivity contribution >= 4 is 31.9 Å². The fourth-order valence-corrected chi connectivity index (χ4v) is 2.48. The Bertz CT molecular complexity index is 509. The molecule has 0 radical (unpaired) electrons. The Hall–Kier alpha value is -0.710. The van der Waals surface area contributed by atoms with Crippen molar-refractivity contribution in [1.29, 1.82) is 0 Å². The van der Waals surface area contributed by atoms with Gasteiger partial charge in [0, 0.05) is 15.1 Å². The maximum Gasteiger partial charge on any atom is 0.0577 e. The van der Waals surface area contributed by atoms with Crippen LogP contribution in [0.1, 0.15) is 24.2 Å². The van der Waals surface area contributed by atoms with Gasteiger partial charge in [-0.15, -0.1) is 0 Å². The second kappa shape index (κ2) is 7.17. The molecule has 0 bridgehead atoms. The van der Waals surface area contributed by atoms with E-state index < -0.39 is 0 Å². The summed E-state index contributed by atoms with van der Waals surface area (Å²) in [7, 11) is 0. The number of nitrogens with one attached hydrogen (secondary N) is 1. The molecule has 100 valence electrons. The van der Waals surface area contributed by atoms with Gasteiger partial charge in [-0.1, -0.05) is 35.0 Å². The molecule has 0 aliphatic carbocycles. The fraction of sp³-hybridized carbons (Fsp3) is 0.267. The Morgan fingerprint density at radius 1 is 1.05 bits per heavy atom. The molecule has 2 rings (SSSR count). The standard InChI is InChI=1S/C15H16Br2N2/c1-2-18-15(14-8-7-13(17)10-19-14)9-11-3-5-12(16)6-4-11/h3-8,10,15,18H,2,9H2,1H3. The van der Waals surface area contributed by atoms with Crippen LogP contribution in [-0.4, -0.2) is 11.5 Å². The molecule has 4 heteroatoms. The number of aromatic nitrogens is 1. The molecule has 1 heterocycles. The highest BCUT2D eigenvalue weighted by Gasteiger charge is 2.12. The summed E-state index contributed by atoms with van der Waals surface area (Å²) in [5, 5.41) is 3.49. The molecule has 0 aliphatic rings. The first-order chi connectivity index (χ1) is 9.19. The quantitative estimate of drug-likeness (QED) is 0.822. The molecule has 2 nitrogen and oxygen atoms in total. The van der Waals surface area contributed by atoms with Crippen LogP contribution < -0.4 is 5.32 Å². The summed E-state index contributed by atoms with van der Waals surface area (Å²) in [4.78, 5) is 4.49. The van der Waals surface area contributed by atoms with Gasteiger partial charge in [-0.2, -0.15) is 0 Å². The molecule has 0 spiro atoms. The fourth-order valence-electron chi connectivity index (χ4n) is 1.98. The molecular formula is C15H16Br2N2. The maximum atomic E-state index is 4.49. The minimum Gasteiger partial charge on any atom is -0.309 e. The molecule has 0 saturated heterocycles. The molecule has 1 unspecified atom stereocenters. The van der Waals surface area contributed by atoms with Gasteiger partial charge in [-0.25, -0.2) is 0 Å². The van der Waals surface area contributed by atoms with Crippen LogP contribution in [0.4, 0.5) is 0 Å². The van der Waals surface area contributed by atoms with Gasteiger partial charge in [0.15, 0.2) is 0 Å². The smallest absolute Gasteiger partial charge is 0.0577 e. The highest BCUT2D eigenvalue weighted by Crippen LogP contribution is 2.20. The molecule has 0 aliphatic heterocycles. The SMILES string of the molecule is CCNC(Cc1ccc(Br)cc1)c1ccc(Br)cn1. The monoisotopic (exact) mass is 382 g/mol. The molecule has 19 heavy (non-hydrogen) atoms. The second-order valence-corrected chi connectivity index (χ2v) is 6.17. The lowest BCUT2D eigenvalue weighted by atomic mass is 10.0. The second-order valence-electron chi connectivity index (χ2n) is 4.34. The Morgan fingerprint density at radius 3 is 2.32 bits per heavy atom. The van der Waals surface area contributed by atoms with E-state index in [1.807, 2.05) is 12.3 Å². The van der Waals surface area contributed by atoms with Crippen LogP contribution in [0.15, 0.2) is 51.5 Å². The molecule has 0 amide bonds. The highest BCUT2D eigenvalue weighted by molar-refractivity contribution is 9.10. The van der Waals surface area contributed by atoms with Gasteiger partial charge in [0.25, 0.3) is 0 Å². The third kappa shape index (κ3) is 4.41. The van der Waals surface area contributed by atoms with Crippen LogP contribution in [0.5, 0.6) is 0 Å². The Kier molecular flexibility index (Phi) is 5.55. The average molecular weight is 384 g/mol. The number of hydrogen-bond acceptors (Lipinski definition) is 2. The van der Waals surface area contributed by atoms with Crippen LogP contribution >= 0.6 is 31.9 Å². The normalized spacial score (nSPS) is 12.4. The lowest BCUT2D eigenvalue weighted by Gasteiger charge is -2.17. The number of pyridine rings is 1. The van der Waals surface area contributed by atoms with E-state index in [1.54, 1.807) is 0 Å². The Morgan fingerprint density at radius 2 is 1.74 bits per heavy atom. The lowest BCUT2D eigenvalue weighted by molar-refractivity contribution is 0.536. The van der Waals surface area contributed by atoms with Crippen molar-refractivity contribution in [2.24, 2.45) is 0 Å². The topological polar surface area (TPSA) is 24.9 Å². The summed E-state index contributed by atoms with van der Waals surface area (Å²) in [5.41, 5.74) is 2.38. The first-order valence-corrected chi connectivity index (χ1v) is 7.87. The average Bonchev–Trinajstić information content (AvgIpc) is 2.42. The van der Waals surface area contributed by atoms with E-state index in [-0.39, 0.29) is 6.04 Å². The number of benzene rings is 1. The molecular weight excluding hydrogens is 368 g/mol. The van der Waals surface area contributed by atoms with Gasteiger partial charge >= 0.3 is 0 Å². The van der Waals surface area contributed by atoms with Crippen molar-refractivity contribution < 1.29 is 0 Å². The van der Waals surface area contributed by atoms with Crippen LogP contribution in [0, 0.1) is 0 Å². The molecule has 1 N–H and O–H groups in total. The number of rotatable bonds is 5. The predicted molar refractivity (Wildman–Crippen MR) is 86.2 cm³/mol. The largest absolute Gasteiger partial charge is 0.309 e. The predicted octanol–water partition coefficient (Wildman–Crippen LogP) is 4.50. The third-order valence-corrected chi connectivity index (χ3v) is 3.91. The molecule has 0 saturated carbocycles. The van der Waals surface area contributed by atoms with E-state index in [1.165, 1.54) is 5.56 Å². The number of hydrogen-bond donors (Lipinski definition) is 1. The van der Waals surface area contributed by atoms with E-state index in [0.717, 1.165) is 27.6 Å². The van der Waals surface area contributed by atoms with Crippen molar-refractivity contribution in [2.45, 2.75) is 19.4 Å². The van der Waals surface area contributed by atoms with E-state index in [0.29, 0.717) is 0 Å². The van der Waals surface area contributed by atoms with Crippen LogP contribution in [0.25, 0.3) is 0 Å². The zero-order valence-electron chi connectivity index (χ0n) is 10.7. The van der Waals surface area contributed by atoms with E-state index in [4.69, 9.17) is 0 Å². The van der Waals surface area contributed by atoms with Crippen molar-refractivity contribution in [1.82, 2.24) is 10.3 Å². The summed E-state index contributed by atoms with van der Waals surface area (Å²) < 4.78 is 2.12. The maximum absolute atomic E-state index is 4.49. The summed E-state index contributed by atoms with van der Waals surface area (Å²) >= 11 is 6.88. The van der Waals surface area contributed by atoms with Gasteiger partial charge in [0.05, 0.1) is 11.7 Å².